The second-order valence-corrected chi connectivity index (χ2v) is 10.9. The third-order valence-electron chi connectivity index (χ3n) is 7.27. The van der Waals surface area contributed by atoms with E-state index in [1.165, 1.54) is 23.3 Å². The fourth-order valence-electron chi connectivity index (χ4n) is 5.14. The van der Waals surface area contributed by atoms with Crippen molar-refractivity contribution in [1.82, 2.24) is 15.6 Å². The zero-order valence-corrected chi connectivity index (χ0v) is 21.7. The number of aromatic nitrogens is 1. The van der Waals surface area contributed by atoms with Gasteiger partial charge in [0.05, 0.1) is 24.4 Å². The van der Waals surface area contributed by atoms with Gasteiger partial charge in [-0.3, -0.25) is 9.78 Å². The largest absolute Gasteiger partial charge is 0.492 e. The highest BCUT2D eigenvalue weighted by atomic mass is 19.1. The van der Waals surface area contributed by atoms with Gasteiger partial charge in [-0.15, -0.1) is 0 Å². The monoisotopic (exact) mass is 499 g/mol. The number of allylic oxidation sites excluding steroid dienone is 1. The molecule has 0 unspecified atom stereocenters. The normalized spacial score (nSPS) is 16.6. The van der Waals surface area contributed by atoms with Crippen LogP contribution in [0, 0.1) is 17.2 Å². The Labute approximate surface area is 218 Å². The van der Waals surface area contributed by atoms with Crippen molar-refractivity contribution >= 4 is 11.5 Å². The van der Waals surface area contributed by atoms with E-state index < -0.39 is 0 Å². The Hall–Kier alpha value is -3.51. The molecule has 1 amide bonds. The third kappa shape index (κ3) is 5.59. The lowest BCUT2D eigenvalue weighted by atomic mass is 9.60. The molecule has 0 radical (unpaired) electrons. The lowest BCUT2D eigenvalue weighted by molar-refractivity contribution is 0.0939. The summed E-state index contributed by atoms with van der Waals surface area (Å²) in [5.41, 5.74) is 6.67. The SMILES string of the molecule is CC(C)COc1cncc(C(=O)N[C@H](C)c2ccc(C(=C3CC4(CNC4)C3)c3ccc(F)cc3)cc2)c1. The minimum Gasteiger partial charge on any atom is -0.492 e. The fourth-order valence-corrected chi connectivity index (χ4v) is 5.14. The van der Waals surface area contributed by atoms with Gasteiger partial charge in [-0.2, -0.15) is 0 Å². The molecule has 3 aromatic rings. The average Bonchev–Trinajstić information content (AvgIpc) is 2.84. The lowest BCUT2D eigenvalue weighted by Gasteiger charge is -2.52. The Bertz CT molecular complexity index is 1280. The van der Waals surface area contributed by atoms with Crippen LogP contribution in [0.15, 0.2) is 72.6 Å². The highest BCUT2D eigenvalue weighted by Gasteiger charge is 2.46. The first-order valence-electron chi connectivity index (χ1n) is 13.0. The summed E-state index contributed by atoms with van der Waals surface area (Å²) in [4.78, 5) is 17.0. The Morgan fingerprint density at radius 1 is 1.00 bits per heavy atom. The van der Waals surface area contributed by atoms with Crippen molar-refractivity contribution in [2.45, 2.75) is 39.7 Å². The molecule has 5 rings (SSSR count). The molecule has 192 valence electrons. The molecule has 5 nitrogen and oxygen atoms in total. The van der Waals surface area contributed by atoms with E-state index in [0.29, 0.717) is 29.3 Å². The van der Waals surface area contributed by atoms with Crippen LogP contribution < -0.4 is 15.4 Å². The molecular weight excluding hydrogens is 465 g/mol. The van der Waals surface area contributed by atoms with Gasteiger partial charge in [0.1, 0.15) is 11.6 Å². The molecule has 1 saturated carbocycles. The Morgan fingerprint density at radius 2 is 1.65 bits per heavy atom. The molecule has 1 spiro atoms. The van der Waals surface area contributed by atoms with Gasteiger partial charge in [0.2, 0.25) is 0 Å². The van der Waals surface area contributed by atoms with Crippen LogP contribution in [0.1, 0.15) is 66.7 Å². The minimum absolute atomic E-state index is 0.184. The summed E-state index contributed by atoms with van der Waals surface area (Å²) < 4.78 is 19.3. The quantitative estimate of drug-likeness (QED) is 0.403. The number of carbonyl (C=O) groups excluding carboxylic acids is 1. The minimum atomic E-state index is -0.228. The van der Waals surface area contributed by atoms with E-state index in [-0.39, 0.29) is 17.8 Å². The number of benzene rings is 2. The number of halogens is 1. The number of pyridine rings is 1. The van der Waals surface area contributed by atoms with Gasteiger partial charge in [0.25, 0.3) is 5.91 Å². The maximum absolute atomic E-state index is 13.6. The van der Waals surface area contributed by atoms with Crippen molar-refractivity contribution in [3.8, 4) is 5.75 Å². The lowest BCUT2D eigenvalue weighted by Crippen LogP contribution is -2.58. The van der Waals surface area contributed by atoms with Gasteiger partial charge in [-0.05, 0) is 66.1 Å². The van der Waals surface area contributed by atoms with Crippen molar-refractivity contribution in [1.29, 1.82) is 0 Å². The topological polar surface area (TPSA) is 63.2 Å². The van der Waals surface area contributed by atoms with E-state index in [1.807, 2.05) is 19.1 Å². The van der Waals surface area contributed by atoms with Crippen molar-refractivity contribution in [2.24, 2.45) is 11.3 Å². The summed E-state index contributed by atoms with van der Waals surface area (Å²) in [7, 11) is 0. The molecule has 1 atom stereocenters. The molecule has 2 aromatic carbocycles. The van der Waals surface area contributed by atoms with Gasteiger partial charge < -0.3 is 15.4 Å². The van der Waals surface area contributed by atoms with Crippen LogP contribution in [0.2, 0.25) is 0 Å². The first-order valence-corrected chi connectivity index (χ1v) is 13.0. The molecule has 2 heterocycles. The highest BCUT2D eigenvalue weighted by molar-refractivity contribution is 5.94. The maximum atomic E-state index is 13.6. The van der Waals surface area contributed by atoms with E-state index in [1.54, 1.807) is 18.5 Å². The Morgan fingerprint density at radius 3 is 2.24 bits per heavy atom. The summed E-state index contributed by atoms with van der Waals surface area (Å²) in [5.74, 6) is 0.561. The van der Waals surface area contributed by atoms with E-state index in [4.69, 9.17) is 4.74 Å². The van der Waals surface area contributed by atoms with Gasteiger partial charge in [-0.25, -0.2) is 4.39 Å². The van der Waals surface area contributed by atoms with Crippen LogP contribution in [-0.4, -0.2) is 30.6 Å². The second-order valence-electron chi connectivity index (χ2n) is 10.9. The summed E-state index contributed by atoms with van der Waals surface area (Å²) in [6.07, 6.45) is 5.33. The summed E-state index contributed by atoms with van der Waals surface area (Å²) in [6, 6.07) is 16.7. The molecule has 37 heavy (non-hydrogen) atoms. The zero-order chi connectivity index (χ0) is 26.0. The predicted molar refractivity (Wildman–Crippen MR) is 144 cm³/mol. The molecule has 2 N–H and O–H groups in total. The average molecular weight is 500 g/mol. The number of rotatable bonds is 8. The first-order chi connectivity index (χ1) is 17.8. The van der Waals surface area contributed by atoms with Gasteiger partial charge in [-0.1, -0.05) is 55.8 Å². The molecule has 0 bridgehead atoms. The third-order valence-corrected chi connectivity index (χ3v) is 7.27. The highest BCUT2D eigenvalue weighted by Crippen LogP contribution is 2.51. The molecule has 2 aliphatic rings. The molecular formula is C31H34FN3O2. The van der Waals surface area contributed by atoms with Gasteiger partial charge in [0, 0.05) is 24.7 Å². The van der Waals surface area contributed by atoms with Crippen molar-refractivity contribution < 1.29 is 13.9 Å². The summed E-state index contributed by atoms with van der Waals surface area (Å²) in [6.45, 7) is 8.84. The Balaban J connectivity index is 1.31. The van der Waals surface area contributed by atoms with E-state index >= 15 is 0 Å². The molecule has 1 aromatic heterocycles. The van der Waals surface area contributed by atoms with E-state index in [9.17, 15) is 9.18 Å². The fraction of sp³-hybridized carbons (Fsp3) is 0.355. The molecule has 2 fully saturated rings. The van der Waals surface area contributed by atoms with Crippen molar-refractivity contribution in [3.63, 3.8) is 0 Å². The van der Waals surface area contributed by atoms with Crippen LogP contribution >= 0.6 is 0 Å². The van der Waals surface area contributed by atoms with E-state index in [0.717, 1.165) is 42.6 Å². The number of nitrogens with one attached hydrogen (secondary N) is 2. The summed E-state index contributed by atoms with van der Waals surface area (Å²) in [5, 5.41) is 6.46. The number of hydrogen-bond acceptors (Lipinski definition) is 4. The molecule has 1 saturated heterocycles. The zero-order valence-electron chi connectivity index (χ0n) is 21.7. The molecule has 6 heteroatoms. The summed E-state index contributed by atoms with van der Waals surface area (Å²) >= 11 is 0. The van der Waals surface area contributed by atoms with Gasteiger partial charge >= 0.3 is 0 Å². The Kier molecular flexibility index (Phi) is 7.11. The number of hydrogen-bond donors (Lipinski definition) is 2. The van der Waals surface area contributed by atoms with Crippen LogP contribution in [-0.2, 0) is 0 Å². The molecule has 1 aliphatic carbocycles. The van der Waals surface area contributed by atoms with Crippen molar-refractivity contribution in [2.75, 3.05) is 19.7 Å². The van der Waals surface area contributed by atoms with Crippen molar-refractivity contribution in [3.05, 3.63) is 101 Å². The number of nitrogens with zero attached hydrogens (tertiary/aromatic N) is 1. The van der Waals surface area contributed by atoms with Gasteiger partial charge in [0.15, 0.2) is 0 Å². The second kappa shape index (κ2) is 10.5. The van der Waals surface area contributed by atoms with Crippen LogP contribution in [0.25, 0.3) is 5.57 Å². The number of ether oxygens (including phenoxy) is 1. The molecule has 1 aliphatic heterocycles. The van der Waals surface area contributed by atoms with Crippen LogP contribution in [0.3, 0.4) is 0 Å². The predicted octanol–water partition coefficient (Wildman–Crippen LogP) is 5.93. The first kappa shape index (κ1) is 25.2. The number of amides is 1. The van der Waals surface area contributed by atoms with Crippen LogP contribution in [0.4, 0.5) is 4.39 Å². The smallest absolute Gasteiger partial charge is 0.253 e. The van der Waals surface area contributed by atoms with E-state index in [2.05, 4.69) is 53.7 Å². The van der Waals surface area contributed by atoms with Crippen LogP contribution in [0.5, 0.6) is 5.75 Å². The maximum Gasteiger partial charge on any atom is 0.253 e. The number of carbonyl (C=O) groups is 1. The standard InChI is InChI=1S/C31H34FN3O2/c1-20(2)17-37-28-12-25(15-33-16-28)30(36)35-21(3)22-4-6-23(7-5-22)29(24-8-10-27(32)11-9-24)26-13-31(14-26)18-34-19-31/h4-12,15-16,20-21,34H,13-14,17-19H2,1-3H3,(H,35,36)/t21-/m1/s1.